The fourth-order valence-corrected chi connectivity index (χ4v) is 3.23. The first-order valence-corrected chi connectivity index (χ1v) is 8.81. The van der Waals surface area contributed by atoms with Gasteiger partial charge in [0, 0.05) is 38.8 Å². The number of piperazine rings is 1. The molecule has 3 atom stereocenters. The second-order valence-corrected chi connectivity index (χ2v) is 7.90. The molecule has 1 aliphatic rings. The molecule has 0 saturated carbocycles. The van der Waals surface area contributed by atoms with Gasteiger partial charge in [-0.3, -0.25) is 4.90 Å². The van der Waals surface area contributed by atoms with E-state index in [2.05, 4.69) is 51.8 Å². The van der Waals surface area contributed by atoms with Crippen LogP contribution >= 0.6 is 0 Å². The van der Waals surface area contributed by atoms with Crippen LogP contribution in [0.3, 0.4) is 0 Å². The number of nitrogens with zero attached hydrogens (tertiary/aromatic N) is 1. The maximum atomic E-state index is 5.60. The zero-order chi connectivity index (χ0) is 16.0. The van der Waals surface area contributed by atoms with Gasteiger partial charge < -0.3 is 10.1 Å². The molecular formula is C18H38N2O. The standard InChI is InChI=1S/C18H38N2O/c1-8-15(4)17-12-19-16(11-14(2)3)13-20(17)10-9-18(5,6)21-7/h14-17,19H,8-13H2,1-7H3. The van der Waals surface area contributed by atoms with Gasteiger partial charge >= 0.3 is 0 Å². The van der Waals surface area contributed by atoms with Crippen LogP contribution in [0.5, 0.6) is 0 Å². The molecule has 1 rings (SSSR count). The van der Waals surface area contributed by atoms with Crippen molar-refractivity contribution < 1.29 is 4.74 Å². The van der Waals surface area contributed by atoms with E-state index in [0.717, 1.165) is 31.3 Å². The van der Waals surface area contributed by atoms with Crippen molar-refractivity contribution in [3.63, 3.8) is 0 Å². The van der Waals surface area contributed by atoms with Crippen molar-refractivity contribution in [3.8, 4) is 0 Å². The summed E-state index contributed by atoms with van der Waals surface area (Å²) in [5.74, 6) is 1.52. The molecule has 1 aliphatic heterocycles. The molecule has 0 bridgehead atoms. The lowest BCUT2D eigenvalue weighted by atomic mass is 9.91. The van der Waals surface area contributed by atoms with E-state index in [1.807, 2.05) is 7.11 Å². The maximum absolute atomic E-state index is 5.60. The summed E-state index contributed by atoms with van der Waals surface area (Å²) in [6, 6.07) is 1.32. The number of ether oxygens (including phenoxy) is 1. The van der Waals surface area contributed by atoms with Crippen molar-refractivity contribution in [1.82, 2.24) is 10.2 Å². The van der Waals surface area contributed by atoms with Crippen molar-refractivity contribution in [2.24, 2.45) is 11.8 Å². The van der Waals surface area contributed by atoms with E-state index in [9.17, 15) is 0 Å². The van der Waals surface area contributed by atoms with Gasteiger partial charge in [-0.25, -0.2) is 0 Å². The Labute approximate surface area is 132 Å². The van der Waals surface area contributed by atoms with Crippen LogP contribution in [0.1, 0.15) is 60.8 Å². The summed E-state index contributed by atoms with van der Waals surface area (Å²) in [5, 5.41) is 3.78. The lowest BCUT2D eigenvalue weighted by Gasteiger charge is -2.44. The molecule has 1 N–H and O–H groups in total. The summed E-state index contributed by atoms with van der Waals surface area (Å²) in [6.07, 6.45) is 3.63. The molecule has 0 aromatic rings. The predicted molar refractivity (Wildman–Crippen MR) is 91.8 cm³/mol. The van der Waals surface area contributed by atoms with Crippen molar-refractivity contribution in [3.05, 3.63) is 0 Å². The smallest absolute Gasteiger partial charge is 0.0634 e. The van der Waals surface area contributed by atoms with Gasteiger partial charge in [0.25, 0.3) is 0 Å². The molecular weight excluding hydrogens is 260 g/mol. The third-order valence-corrected chi connectivity index (χ3v) is 5.15. The summed E-state index contributed by atoms with van der Waals surface area (Å²) in [6.45, 7) is 17.2. The lowest BCUT2D eigenvalue weighted by molar-refractivity contribution is -0.00528. The predicted octanol–water partition coefficient (Wildman–Crippen LogP) is 3.54. The molecule has 1 fully saturated rings. The van der Waals surface area contributed by atoms with Crippen LogP contribution in [-0.4, -0.2) is 49.3 Å². The van der Waals surface area contributed by atoms with E-state index < -0.39 is 0 Å². The number of nitrogens with one attached hydrogen (secondary N) is 1. The largest absolute Gasteiger partial charge is 0.379 e. The minimum Gasteiger partial charge on any atom is -0.379 e. The molecule has 3 heteroatoms. The van der Waals surface area contributed by atoms with Crippen LogP contribution in [-0.2, 0) is 4.74 Å². The topological polar surface area (TPSA) is 24.5 Å². The summed E-state index contributed by atoms with van der Waals surface area (Å²) < 4.78 is 5.60. The van der Waals surface area contributed by atoms with Crippen LogP contribution in [0.2, 0.25) is 0 Å². The molecule has 3 unspecified atom stereocenters. The molecule has 0 aromatic carbocycles. The van der Waals surface area contributed by atoms with E-state index in [4.69, 9.17) is 4.74 Å². The Bertz CT molecular complexity index is 291. The lowest BCUT2D eigenvalue weighted by Crippen LogP contribution is -2.59. The second-order valence-electron chi connectivity index (χ2n) is 7.90. The van der Waals surface area contributed by atoms with Gasteiger partial charge in [-0.2, -0.15) is 0 Å². The first-order valence-electron chi connectivity index (χ1n) is 8.81. The minimum absolute atomic E-state index is 0.0155. The average Bonchev–Trinajstić information content (AvgIpc) is 2.44. The SMILES string of the molecule is CCC(C)C1CNC(CC(C)C)CN1CCC(C)(C)OC. The van der Waals surface area contributed by atoms with E-state index in [1.54, 1.807) is 0 Å². The molecule has 0 spiro atoms. The Morgan fingerprint density at radius 2 is 1.95 bits per heavy atom. The molecule has 126 valence electrons. The molecule has 0 aliphatic carbocycles. The first-order chi connectivity index (χ1) is 9.79. The molecule has 0 amide bonds. The highest BCUT2D eigenvalue weighted by molar-refractivity contribution is 4.89. The molecule has 3 nitrogen and oxygen atoms in total. The first kappa shape index (κ1) is 18.9. The number of rotatable bonds is 8. The Balaban J connectivity index is 2.64. The van der Waals surface area contributed by atoms with Crippen LogP contribution in [0.25, 0.3) is 0 Å². The van der Waals surface area contributed by atoms with Gasteiger partial charge in [0.1, 0.15) is 0 Å². The fourth-order valence-electron chi connectivity index (χ4n) is 3.23. The monoisotopic (exact) mass is 298 g/mol. The van der Waals surface area contributed by atoms with Gasteiger partial charge in [-0.1, -0.05) is 34.1 Å². The zero-order valence-electron chi connectivity index (χ0n) is 15.4. The van der Waals surface area contributed by atoms with Gasteiger partial charge in [0.05, 0.1) is 5.60 Å². The third kappa shape index (κ3) is 6.25. The van der Waals surface area contributed by atoms with Crippen molar-refractivity contribution in [1.29, 1.82) is 0 Å². The summed E-state index contributed by atoms with van der Waals surface area (Å²) in [7, 11) is 1.82. The van der Waals surface area contributed by atoms with Gasteiger partial charge in [0.15, 0.2) is 0 Å². The Morgan fingerprint density at radius 1 is 1.29 bits per heavy atom. The van der Waals surface area contributed by atoms with Gasteiger partial charge in [-0.15, -0.1) is 0 Å². The quantitative estimate of drug-likeness (QED) is 0.742. The zero-order valence-corrected chi connectivity index (χ0v) is 15.4. The minimum atomic E-state index is -0.0155. The highest BCUT2D eigenvalue weighted by Gasteiger charge is 2.32. The number of hydrogen-bond acceptors (Lipinski definition) is 3. The van der Waals surface area contributed by atoms with Crippen LogP contribution in [0, 0.1) is 11.8 Å². The number of methoxy groups -OCH3 is 1. The van der Waals surface area contributed by atoms with E-state index in [0.29, 0.717) is 12.1 Å². The van der Waals surface area contributed by atoms with Crippen LogP contribution in [0.15, 0.2) is 0 Å². The summed E-state index contributed by atoms with van der Waals surface area (Å²) >= 11 is 0. The average molecular weight is 299 g/mol. The molecule has 0 aromatic heterocycles. The Hall–Kier alpha value is -0.120. The fraction of sp³-hybridized carbons (Fsp3) is 1.00. The highest BCUT2D eigenvalue weighted by atomic mass is 16.5. The van der Waals surface area contributed by atoms with E-state index in [1.165, 1.54) is 19.4 Å². The molecule has 21 heavy (non-hydrogen) atoms. The number of hydrogen-bond donors (Lipinski definition) is 1. The Morgan fingerprint density at radius 3 is 2.48 bits per heavy atom. The highest BCUT2D eigenvalue weighted by Crippen LogP contribution is 2.23. The normalized spacial score (nSPS) is 26.3. The molecule has 1 heterocycles. The van der Waals surface area contributed by atoms with Crippen LogP contribution in [0.4, 0.5) is 0 Å². The van der Waals surface area contributed by atoms with Crippen LogP contribution < -0.4 is 5.32 Å². The van der Waals surface area contributed by atoms with Crippen molar-refractivity contribution >= 4 is 0 Å². The van der Waals surface area contributed by atoms with Crippen molar-refractivity contribution in [2.75, 3.05) is 26.7 Å². The second kappa shape index (κ2) is 8.50. The molecule has 1 saturated heterocycles. The Kier molecular flexibility index (Phi) is 7.66. The van der Waals surface area contributed by atoms with Gasteiger partial charge in [-0.05, 0) is 38.5 Å². The summed E-state index contributed by atoms with van der Waals surface area (Å²) in [5.41, 5.74) is -0.0155. The third-order valence-electron chi connectivity index (χ3n) is 5.15. The van der Waals surface area contributed by atoms with Crippen molar-refractivity contribution in [2.45, 2.75) is 78.5 Å². The summed E-state index contributed by atoms with van der Waals surface area (Å²) in [4.78, 5) is 2.72. The molecule has 0 radical (unpaired) electrons. The maximum Gasteiger partial charge on any atom is 0.0634 e. The van der Waals surface area contributed by atoms with E-state index >= 15 is 0 Å². The van der Waals surface area contributed by atoms with Gasteiger partial charge in [0.2, 0.25) is 0 Å². The van der Waals surface area contributed by atoms with E-state index in [-0.39, 0.29) is 5.60 Å².